The number of aliphatic imine (C=N–C) groups is 1. The summed E-state index contributed by atoms with van der Waals surface area (Å²) in [5, 5.41) is 16.8. The van der Waals surface area contributed by atoms with Crippen LogP contribution >= 0.6 is 24.0 Å². The Morgan fingerprint density at radius 3 is 2.37 bits per heavy atom. The van der Waals surface area contributed by atoms with Gasteiger partial charge in [-0.25, -0.2) is 17.8 Å². The molecular weight excluding hydrogens is 526 g/mol. The number of nitro benzene ring substituents is 1. The summed E-state index contributed by atoms with van der Waals surface area (Å²) in [6, 6.07) is 10.1. The third kappa shape index (κ3) is 8.61. The first-order chi connectivity index (χ1) is 13.7. The number of benzene rings is 2. The van der Waals surface area contributed by atoms with E-state index in [4.69, 9.17) is 0 Å². The van der Waals surface area contributed by atoms with Crippen molar-refractivity contribution in [2.24, 2.45) is 4.99 Å². The Kier molecular flexibility index (Phi) is 10.1. The SMILES string of the molecule is CCNC(=NCc1ccc([N+](=O)[O-])cc1)NCc1cc(F)ccc1CS(C)(=O)=O.I. The lowest BCUT2D eigenvalue weighted by molar-refractivity contribution is -0.384. The van der Waals surface area contributed by atoms with Crippen LogP contribution in [0.5, 0.6) is 0 Å². The summed E-state index contributed by atoms with van der Waals surface area (Å²) < 4.78 is 36.9. The number of non-ortho nitro benzene ring substituents is 1. The Hall–Kier alpha value is -2.28. The lowest BCUT2D eigenvalue weighted by Crippen LogP contribution is -2.37. The van der Waals surface area contributed by atoms with Crippen LogP contribution in [0.2, 0.25) is 0 Å². The molecule has 0 heterocycles. The van der Waals surface area contributed by atoms with Crippen molar-refractivity contribution in [1.29, 1.82) is 0 Å². The molecule has 11 heteroatoms. The zero-order valence-corrected chi connectivity index (χ0v) is 19.7. The van der Waals surface area contributed by atoms with E-state index in [1.165, 1.54) is 30.3 Å². The molecule has 0 aliphatic carbocycles. The summed E-state index contributed by atoms with van der Waals surface area (Å²) >= 11 is 0. The molecule has 0 radical (unpaired) electrons. The minimum Gasteiger partial charge on any atom is -0.357 e. The second-order valence-electron chi connectivity index (χ2n) is 6.46. The van der Waals surface area contributed by atoms with Crippen molar-refractivity contribution in [3.63, 3.8) is 0 Å². The van der Waals surface area contributed by atoms with Gasteiger partial charge in [0.1, 0.15) is 5.82 Å². The molecule has 0 atom stereocenters. The van der Waals surface area contributed by atoms with Gasteiger partial charge in [-0.05, 0) is 35.7 Å². The number of nitrogens with zero attached hydrogens (tertiary/aromatic N) is 2. The second-order valence-corrected chi connectivity index (χ2v) is 8.60. The first-order valence-corrected chi connectivity index (χ1v) is 10.9. The second kappa shape index (κ2) is 11.8. The first-order valence-electron chi connectivity index (χ1n) is 8.88. The van der Waals surface area contributed by atoms with E-state index in [1.807, 2.05) is 6.92 Å². The smallest absolute Gasteiger partial charge is 0.269 e. The molecule has 8 nitrogen and oxygen atoms in total. The molecule has 164 valence electrons. The van der Waals surface area contributed by atoms with Gasteiger partial charge in [-0.15, -0.1) is 24.0 Å². The molecule has 2 aromatic rings. The Bertz CT molecular complexity index is 998. The number of nitro groups is 1. The minimum absolute atomic E-state index is 0. The van der Waals surface area contributed by atoms with Gasteiger partial charge in [0, 0.05) is 31.5 Å². The van der Waals surface area contributed by atoms with Crippen LogP contribution in [0.25, 0.3) is 0 Å². The molecule has 0 amide bonds. The van der Waals surface area contributed by atoms with Crippen molar-refractivity contribution >= 4 is 45.5 Å². The van der Waals surface area contributed by atoms with E-state index >= 15 is 0 Å². The zero-order chi connectivity index (χ0) is 21.4. The lowest BCUT2D eigenvalue weighted by Gasteiger charge is -2.14. The minimum atomic E-state index is -3.26. The van der Waals surface area contributed by atoms with Gasteiger partial charge in [-0.1, -0.05) is 18.2 Å². The quantitative estimate of drug-likeness (QED) is 0.172. The number of hydrogen-bond acceptors (Lipinski definition) is 5. The number of nitrogens with one attached hydrogen (secondary N) is 2. The predicted octanol–water partition coefficient (Wildman–Crippen LogP) is 3.15. The van der Waals surface area contributed by atoms with E-state index in [-0.39, 0.29) is 48.5 Å². The topological polar surface area (TPSA) is 114 Å². The monoisotopic (exact) mass is 550 g/mol. The summed E-state index contributed by atoms with van der Waals surface area (Å²) in [6.07, 6.45) is 1.13. The molecule has 0 saturated heterocycles. The zero-order valence-electron chi connectivity index (χ0n) is 16.6. The van der Waals surface area contributed by atoms with Crippen molar-refractivity contribution in [2.45, 2.75) is 25.8 Å². The molecule has 30 heavy (non-hydrogen) atoms. The molecule has 0 aromatic heterocycles. The molecule has 0 aliphatic heterocycles. The molecule has 0 fully saturated rings. The third-order valence-electron chi connectivity index (χ3n) is 3.94. The fourth-order valence-electron chi connectivity index (χ4n) is 2.60. The van der Waals surface area contributed by atoms with Crippen LogP contribution in [-0.2, 0) is 28.7 Å². The van der Waals surface area contributed by atoms with E-state index < -0.39 is 20.6 Å². The number of halogens is 2. The average molecular weight is 550 g/mol. The van der Waals surface area contributed by atoms with Gasteiger partial charge in [-0.3, -0.25) is 10.1 Å². The normalized spacial score (nSPS) is 11.5. The van der Waals surface area contributed by atoms with Gasteiger partial charge in [-0.2, -0.15) is 0 Å². The Morgan fingerprint density at radius 1 is 1.13 bits per heavy atom. The molecule has 2 rings (SSSR count). The van der Waals surface area contributed by atoms with Gasteiger partial charge >= 0.3 is 0 Å². The standard InChI is InChI=1S/C19H23FN4O4S.HI/c1-3-21-19(22-11-14-4-8-18(9-5-14)24(25)26)23-12-16-10-17(20)7-6-15(16)13-29(2,27)28;/h4-10H,3,11-13H2,1-2H3,(H2,21,22,23);1H. The van der Waals surface area contributed by atoms with Crippen LogP contribution in [0, 0.1) is 15.9 Å². The third-order valence-corrected chi connectivity index (χ3v) is 4.78. The first kappa shape index (κ1) is 25.8. The van der Waals surface area contributed by atoms with Crippen molar-refractivity contribution in [3.05, 3.63) is 75.1 Å². The Balaban J connectivity index is 0.00000450. The lowest BCUT2D eigenvalue weighted by atomic mass is 10.1. The number of hydrogen-bond donors (Lipinski definition) is 2. The largest absolute Gasteiger partial charge is 0.357 e. The highest BCUT2D eigenvalue weighted by molar-refractivity contribution is 14.0. The van der Waals surface area contributed by atoms with E-state index in [9.17, 15) is 22.9 Å². The summed E-state index contributed by atoms with van der Waals surface area (Å²) in [7, 11) is -3.26. The predicted molar refractivity (Wildman–Crippen MR) is 125 cm³/mol. The van der Waals surface area contributed by atoms with Crippen molar-refractivity contribution < 1.29 is 17.7 Å². The van der Waals surface area contributed by atoms with Gasteiger partial charge in [0.2, 0.25) is 0 Å². The van der Waals surface area contributed by atoms with E-state index in [0.29, 0.717) is 23.6 Å². The van der Waals surface area contributed by atoms with Crippen LogP contribution in [0.3, 0.4) is 0 Å². The summed E-state index contributed by atoms with van der Waals surface area (Å²) in [4.78, 5) is 14.7. The van der Waals surface area contributed by atoms with Gasteiger partial charge in [0.05, 0.1) is 17.2 Å². The van der Waals surface area contributed by atoms with Crippen molar-refractivity contribution in [2.75, 3.05) is 12.8 Å². The fourth-order valence-corrected chi connectivity index (χ4v) is 3.44. The molecule has 2 aromatic carbocycles. The highest BCUT2D eigenvalue weighted by Gasteiger charge is 2.11. The number of sulfone groups is 1. The van der Waals surface area contributed by atoms with Gasteiger partial charge < -0.3 is 10.6 Å². The highest BCUT2D eigenvalue weighted by Crippen LogP contribution is 2.15. The van der Waals surface area contributed by atoms with Crippen LogP contribution in [0.4, 0.5) is 10.1 Å². The fraction of sp³-hybridized carbons (Fsp3) is 0.316. The van der Waals surface area contributed by atoms with Crippen molar-refractivity contribution in [1.82, 2.24) is 10.6 Å². The van der Waals surface area contributed by atoms with Crippen molar-refractivity contribution in [3.8, 4) is 0 Å². The maximum absolute atomic E-state index is 13.6. The Labute approximate surface area is 192 Å². The van der Waals surface area contributed by atoms with E-state index in [0.717, 1.165) is 11.8 Å². The maximum Gasteiger partial charge on any atom is 0.269 e. The van der Waals surface area contributed by atoms with E-state index in [2.05, 4.69) is 15.6 Å². The van der Waals surface area contributed by atoms with E-state index in [1.54, 1.807) is 12.1 Å². The van der Waals surface area contributed by atoms with Crippen LogP contribution in [0.1, 0.15) is 23.6 Å². The van der Waals surface area contributed by atoms with Crippen LogP contribution < -0.4 is 10.6 Å². The molecular formula is C19H24FIN4O4S. The summed E-state index contributed by atoms with van der Waals surface area (Å²) in [5.41, 5.74) is 1.84. The van der Waals surface area contributed by atoms with Crippen LogP contribution in [-0.4, -0.2) is 32.1 Å². The maximum atomic E-state index is 13.6. The van der Waals surface area contributed by atoms with Gasteiger partial charge in [0.25, 0.3) is 5.69 Å². The Morgan fingerprint density at radius 2 is 1.80 bits per heavy atom. The molecule has 0 aliphatic rings. The average Bonchev–Trinajstić information content (AvgIpc) is 2.65. The molecule has 0 spiro atoms. The molecule has 0 saturated carbocycles. The number of guanidine groups is 1. The summed E-state index contributed by atoms with van der Waals surface area (Å²) in [5.74, 6) is -0.173. The molecule has 0 unspecified atom stereocenters. The summed E-state index contributed by atoms with van der Waals surface area (Å²) in [6.45, 7) is 2.95. The van der Waals surface area contributed by atoms with Crippen LogP contribution in [0.15, 0.2) is 47.5 Å². The molecule has 0 bridgehead atoms. The number of rotatable bonds is 8. The van der Waals surface area contributed by atoms with Gasteiger partial charge in [0.15, 0.2) is 15.8 Å². The highest BCUT2D eigenvalue weighted by atomic mass is 127. The molecule has 2 N–H and O–H groups in total.